The second kappa shape index (κ2) is 8.82. The fourth-order valence-corrected chi connectivity index (χ4v) is 3.81. The van der Waals surface area contributed by atoms with Gasteiger partial charge in [-0.25, -0.2) is 13.1 Å². The van der Waals surface area contributed by atoms with Gasteiger partial charge in [0.15, 0.2) is 0 Å². The van der Waals surface area contributed by atoms with Gasteiger partial charge in [-0.3, -0.25) is 0 Å². The molecule has 0 aliphatic rings. The summed E-state index contributed by atoms with van der Waals surface area (Å²) in [6.07, 6.45) is 0. The third-order valence-corrected chi connectivity index (χ3v) is 5.37. The third kappa shape index (κ3) is 6.01. The monoisotopic (exact) mass is 380 g/mol. The van der Waals surface area contributed by atoms with E-state index in [1.807, 2.05) is 11.9 Å². The van der Waals surface area contributed by atoms with Crippen LogP contribution < -0.4 is 4.72 Å². The van der Waals surface area contributed by atoms with Crippen molar-refractivity contribution < 1.29 is 18.3 Å². The summed E-state index contributed by atoms with van der Waals surface area (Å²) in [7, 11) is -0.0374. The number of rotatable bonds is 9. The van der Waals surface area contributed by atoms with Crippen molar-refractivity contribution in [1.82, 2.24) is 9.62 Å². The first kappa shape index (κ1) is 18.5. The molecule has 0 aromatic heterocycles. The minimum Gasteiger partial charge on any atom is -0.392 e. The highest BCUT2D eigenvalue weighted by Crippen LogP contribution is 2.23. The fourth-order valence-electron chi connectivity index (χ4n) is 1.67. The molecule has 0 aliphatic heterocycles. The van der Waals surface area contributed by atoms with Crippen LogP contribution in [0.3, 0.4) is 0 Å². The largest absolute Gasteiger partial charge is 0.392 e. The van der Waals surface area contributed by atoms with Gasteiger partial charge in [-0.15, -0.1) is 0 Å². The van der Waals surface area contributed by atoms with Crippen LogP contribution in [0.25, 0.3) is 0 Å². The van der Waals surface area contributed by atoms with Crippen LogP contribution in [0.2, 0.25) is 0 Å². The van der Waals surface area contributed by atoms with E-state index >= 15 is 0 Å². The first-order valence-electron chi connectivity index (χ1n) is 6.47. The number of hydrogen-bond acceptors (Lipinski definition) is 5. The summed E-state index contributed by atoms with van der Waals surface area (Å²) in [6.45, 7) is 2.13. The molecule has 0 saturated carbocycles. The van der Waals surface area contributed by atoms with E-state index in [0.29, 0.717) is 29.7 Å². The van der Waals surface area contributed by atoms with Gasteiger partial charge in [-0.1, -0.05) is 6.07 Å². The van der Waals surface area contributed by atoms with Crippen LogP contribution in [0.5, 0.6) is 0 Å². The van der Waals surface area contributed by atoms with E-state index in [1.165, 1.54) is 6.07 Å². The van der Waals surface area contributed by atoms with E-state index in [1.54, 1.807) is 19.2 Å². The number of nitrogens with zero attached hydrogens (tertiary/aromatic N) is 1. The zero-order chi connectivity index (χ0) is 15.9. The van der Waals surface area contributed by atoms with Crippen LogP contribution in [0.4, 0.5) is 0 Å². The maximum absolute atomic E-state index is 12.2. The summed E-state index contributed by atoms with van der Waals surface area (Å²) in [5, 5.41) is 9.03. The average Bonchev–Trinajstić information content (AvgIpc) is 2.44. The lowest BCUT2D eigenvalue weighted by molar-refractivity contribution is 0.162. The highest BCUT2D eigenvalue weighted by molar-refractivity contribution is 9.10. The number of aliphatic hydroxyl groups is 1. The number of sulfonamides is 1. The Morgan fingerprint density at radius 2 is 2.10 bits per heavy atom. The number of methoxy groups -OCH3 is 1. The summed E-state index contributed by atoms with van der Waals surface area (Å²) in [5.74, 6) is 0. The van der Waals surface area contributed by atoms with E-state index in [0.717, 1.165) is 6.54 Å². The van der Waals surface area contributed by atoms with Crippen molar-refractivity contribution >= 4 is 26.0 Å². The third-order valence-electron chi connectivity index (χ3n) is 2.93. The number of nitrogens with one attached hydrogen (secondary N) is 1. The zero-order valence-electron chi connectivity index (χ0n) is 12.2. The molecule has 1 rings (SSSR count). The first-order valence-corrected chi connectivity index (χ1v) is 8.74. The molecule has 0 atom stereocenters. The Kier molecular flexibility index (Phi) is 7.78. The molecule has 0 unspecified atom stereocenters. The smallest absolute Gasteiger partial charge is 0.241 e. The average molecular weight is 381 g/mol. The highest BCUT2D eigenvalue weighted by Gasteiger charge is 2.17. The maximum Gasteiger partial charge on any atom is 0.241 e. The SMILES string of the molecule is COCCN(C)CCNS(=O)(=O)c1ccc(CO)cc1Br. The lowest BCUT2D eigenvalue weighted by Gasteiger charge is -2.16. The van der Waals surface area contributed by atoms with Crippen LogP contribution >= 0.6 is 15.9 Å². The van der Waals surface area contributed by atoms with Gasteiger partial charge in [-0.2, -0.15) is 0 Å². The Morgan fingerprint density at radius 3 is 2.67 bits per heavy atom. The van der Waals surface area contributed by atoms with Crippen molar-refractivity contribution in [3.63, 3.8) is 0 Å². The van der Waals surface area contributed by atoms with Crippen molar-refractivity contribution in [3.8, 4) is 0 Å². The first-order chi connectivity index (χ1) is 9.90. The summed E-state index contributed by atoms with van der Waals surface area (Å²) >= 11 is 3.22. The Hall–Kier alpha value is -0.510. The predicted molar refractivity (Wildman–Crippen MR) is 84.6 cm³/mol. The van der Waals surface area contributed by atoms with Crippen LogP contribution in [-0.4, -0.2) is 58.8 Å². The number of hydrogen-bond donors (Lipinski definition) is 2. The molecule has 21 heavy (non-hydrogen) atoms. The molecule has 0 bridgehead atoms. The Bertz CT molecular complexity index is 551. The molecule has 8 heteroatoms. The second-order valence-electron chi connectivity index (χ2n) is 4.62. The summed E-state index contributed by atoms with van der Waals surface area (Å²) in [4.78, 5) is 2.15. The molecular weight excluding hydrogens is 360 g/mol. The van der Waals surface area contributed by atoms with Crippen molar-refractivity contribution in [2.24, 2.45) is 0 Å². The molecule has 0 fully saturated rings. The minimum atomic E-state index is -3.57. The second-order valence-corrected chi connectivity index (χ2v) is 7.21. The quantitative estimate of drug-likeness (QED) is 0.662. The van der Waals surface area contributed by atoms with Crippen molar-refractivity contribution in [2.75, 3.05) is 40.4 Å². The summed E-state index contributed by atoms with van der Waals surface area (Å²) in [6, 6.07) is 4.66. The van der Waals surface area contributed by atoms with E-state index in [-0.39, 0.29) is 11.5 Å². The summed E-state index contributed by atoms with van der Waals surface area (Å²) in [5.41, 5.74) is 0.653. The molecule has 1 aromatic rings. The van der Waals surface area contributed by atoms with Crippen molar-refractivity contribution in [2.45, 2.75) is 11.5 Å². The maximum atomic E-state index is 12.2. The molecule has 0 aliphatic carbocycles. The molecule has 0 spiro atoms. The van der Waals surface area contributed by atoms with Crippen LogP contribution in [-0.2, 0) is 21.4 Å². The Labute approximate surface area is 134 Å². The number of likely N-dealkylation sites (N-methyl/N-ethyl adjacent to an activating group) is 1. The minimum absolute atomic E-state index is 0.128. The molecule has 6 nitrogen and oxygen atoms in total. The molecule has 0 radical (unpaired) electrons. The van der Waals surface area contributed by atoms with E-state index in [2.05, 4.69) is 20.7 Å². The van der Waals surface area contributed by atoms with E-state index < -0.39 is 10.0 Å². The number of aliphatic hydroxyl groups excluding tert-OH is 1. The molecular formula is C13H21BrN2O4S. The molecule has 0 heterocycles. The van der Waals surface area contributed by atoms with Gasteiger partial charge in [0.25, 0.3) is 0 Å². The topological polar surface area (TPSA) is 78.9 Å². The molecule has 2 N–H and O–H groups in total. The van der Waals surface area contributed by atoms with E-state index in [4.69, 9.17) is 9.84 Å². The van der Waals surface area contributed by atoms with Gasteiger partial charge >= 0.3 is 0 Å². The highest BCUT2D eigenvalue weighted by atomic mass is 79.9. The van der Waals surface area contributed by atoms with Gasteiger partial charge in [0, 0.05) is 31.2 Å². The Morgan fingerprint density at radius 1 is 1.38 bits per heavy atom. The normalized spacial score (nSPS) is 12.0. The molecule has 120 valence electrons. The van der Waals surface area contributed by atoms with Crippen molar-refractivity contribution in [3.05, 3.63) is 28.2 Å². The summed E-state index contributed by atoms with van der Waals surface area (Å²) < 4.78 is 32.4. The molecule has 1 aromatic carbocycles. The van der Waals surface area contributed by atoms with Gasteiger partial charge in [-0.05, 0) is 40.7 Å². The lowest BCUT2D eigenvalue weighted by Crippen LogP contribution is -2.34. The number of ether oxygens (including phenoxy) is 1. The Balaban J connectivity index is 2.61. The standard InChI is InChI=1S/C13H21BrN2O4S/c1-16(7-8-20-2)6-5-15-21(18,19)13-4-3-11(10-17)9-12(13)14/h3-4,9,15,17H,5-8,10H2,1-2H3. The van der Waals surface area contributed by atoms with E-state index in [9.17, 15) is 8.42 Å². The van der Waals surface area contributed by atoms with Crippen LogP contribution in [0.15, 0.2) is 27.6 Å². The van der Waals surface area contributed by atoms with Gasteiger partial charge in [0.05, 0.1) is 18.1 Å². The lowest BCUT2D eigenvalue weighted by atomic mass is 10.2. The number of benzene rings is 1. The van der Waals surface area contributed by atoms with Crippen molar-refractivity contribution in [1.29, 1.82) is 0 Å². The molecule has 0 amide bonds. The van der Waals surface area contributed by atoms with Gasteiger partial charge in [0.2, 0.25) is 10.0 Å². The van der Waals surface area contributed by atoms with Gasteiger partial charge in [0.1, 0.15) is 0 Å². The molecule has 0 saturated heterocycles. The predicted octanol–water partition coefficient (Wildman–Crippen LogP) is 0.798. The number of halogens is 1. The van der Waals surface area contributed by atoms with Gasteiger partial charge < -0.3 is 14.7 Å². The fraction of sp³-hybridized carbons (Fsp3) is 0.538. The van der Waals surface area contributed by atoms with Crippen LogP contribution in [0, 0.1) is 0 Å². The van der Waals surface area contributed by atoms with Crippen LogP contribution in [0.1, 0.15) is 5.56 Å². The zero-order valence-corrected chi connectivity index (χ0v) is 14.6.